The smallest absolute Gasteiger partial charge is 0.128 e. The van der Waals surface area contributed by atoms with Crippen molar-refractivity contribution in [1.82, 2.24) is 0 Å². The maximum absolute atomic E-state index is 13.2. The standard InChI is InChI=1S/C10H13FN2/c1-6-8(11)3-2-7-9(12)4-5-13-10(6)7/h2-3,9,13H,4-5,12H2,1H3. The average molecular weight is 180 g/mol. The van der Waals surface area contributed by atoms with Crippen molar-refractivity contribution < 1.29 is 4.39 Å². The number of anilines is 1. The Labute approximate surface area is 76.9 Å². The Hall–Kier alpha value is -1.09. The predicted molar refractivity (Wildman–Crippen MR) is 51.2 cm³/mol. The van der Waals surface area contributed by atoms with E-state index in [0.29, 0.717) is 5.56 Å². The van der Waals surface area contributed by atoms with Crippen LogP contribution in [-0.2, 0) is 0 Å². The van der Waals surface area contributed by atoms with E-state index < -0.39 is 0 Å². The molecule has 1 aromatic carbocycles. The molecule has 0 amide bonds. The highest BCUT2D eigenvalue weighted by Gasteiger charge is 2.19. The van der Waals surface area contributed by atoms with Gasteiger partial charge in [-0.15, -0.1) is 0 Å². The Morgan fingerprint density at radius 2 is 2.31 bits per heavy atom. The zero-order valence-electron chi connectivity index (χ0n) is 7.60. The molecule has 1 aliphatic heterocycles. The van der Waals surface area contributed by atoms with Gasteiger partial charge in [-0.3, -0.25) is 0 Å². The van der Waals surface area contributed by atoms with Crippen LogP contribution in [0.25, 0.3) is 0 Å². The molecule has 0 radical (unpaired) electrons. The molecule has 70 valence electrons. The van der Waals surface area contributed by atoms with Crippen LogP contribution >= 0.6 is 0 Å². The lowest BCUT2D eigenvalue weighted by atomic mass is 9.96. The molecule has 13 heavy (non-hydrogen) atoms. The number of rotatable bonds is 0. The summed E-state index contributed by atoms with van der Waals surface area (Å²) in [5.74, 6) is -0.166. The van der Waals surface area contributed by atoms with Crippen LogP contribution in [0.3, 0.4) is 0 Å². The monoisotopic (exact) mass is 180 g/mol. The third kappa shape index (κ3) is 1.29. The molecule has 1 unspecified atom stereocenters. The first-order valence-electron chi connectivity index (χ1n) is 4.48. The van der Waals surface area contributed by atoms with Crippen LogP contribution in [-0.4, -0.2) is 6.54 Å². The molecule has 0 fully saturated rings. The summed E-state index contributed by atoms with van der Waals surface area (Å²) in [5.41, 5.74) is 8.50. The molecule has 1 aromatic rings. The number of halogens is 1. The van der Waals surface area contributed by atoms with Gasteiger partial charge in [0.15, 0.2) is 0 Å². The molecule has 0 bridgehead atoms. The van der Waals surface area contributed by atoms with E-state index in [-0.39, 0.29) is 11.9 Å². The molecule has 2 nitrogen and oxygen atoms in total. The van der Waals surface area contributed by atoms with Crippen molar-refractivity contribution in [3.8, 4) is 0 Å². The van der Waals surface area contributed by atoms with E-state index >= 15 is 0 Å². The van der Waals surface area contributed by atoms with Crippen molar-refractivity contribution in [3.05, 3.63) is 29.1 Å². The van der Waals surface area contributed by atoms with Crippen molar-refractivity contribution in [3.63, 3.8) is 0 Å². The summed E-state index contributed by atoms with van der Waals surface area (Å²) >= 11 is 0. The molecule has 1 atom stereocenters. The lowest BCUT2D eigenvalue weighted by molar-refractivity contribution is 0.607. The van der Waals surface area contributed by atoms with Gasteiger partial charge in [-0.05, 0) is 25.0 Å². The molecule has 0 spiro atoms. The summed E-state index contributed by atoms with van der Waals surface area (Å²) < 4.78 is 13.2. The van der Waals surface area contributed by atoms with E-state index in [2.05, 4.69) is 5.32 Å². The van der Waals surface area contributed by atoms with Gasteiger partial charge in [0.1, 0.15) is 5.82 Å². The molecule has 0 saturated heterocycles. The van der Waals surface area contributed by atoms with Crippen molar-refractivity contribution in [2.24, 2.45) is 5.73 Å². The third-order valence-corrected chi connectivity index (χ3v) is 2.59. The van der Waals surface area contributed by atoms with E-state index in [1.165, 1.54) is 6.07 Å². The van der Waals surface area contributed by atoms with E-state index in [4.69, 9.17) is 5.73 Å². The topological polar surface area (TPSA) is 38.0 Å². The second kappa shape index (κ2) is 3.00. The number of nitrogens with two attached hydrogens (primary N) is 1. The van der Waals surface area contributed by atoms with Crippen molar-refractivity contribution in [1.29, 1.82) is 0 Å². The molecule has 1 heterocycles. The number of benzene rings is 1. The van der Waals surface area contributed by atoms with Gasteiger partial charge in [0.25, 0.3) is 0 Å². The molecular weight excluding hydrogens is 167 g/mol. The largest absolute Gasteiger partial charge is 0.384 e. The molecule has 1 aliphatic rings. The van der Waals surface area contributed by atoms with Gasteiger partial charge >= 0.3 is 0 Å². The average Bonchev–Trinajstić information content (AvgIpc) is 2.12. The zero-order valence-corrected chi connectivity index (χ0v) is 7.60. The first-order valence-corrected chi connectivity index (χ1v) is 4.48. The number of nitrogens with one attached hydrogen (secondary N) is 1. The van der Waals surface area contributed by atoms with Gasteiger partial charge in [-0.2, -0.15) is 0 Å². The fraction of sp³-hybridized carbons (Fsp3) is 0.400. The number of hydrogen-bond donors (Lipinski definition) is 2. The lowest BCUT2D eigenvalue weighted by Gasteiger charge is -2.25. The minimum Gasteiger partial charge on any atom is -0.384 e. The minimum atomic E-state index is -0.166. The summed E-state index contributed by atoms with van der Waals surface area (Å²) in [6.45, 7) is 2.61. The SMILES string of the molecule is Cc1c(F)ccc2c1NCCC2N. The van der Waals surface area contributed by atoms with E-state index in [9.17, 15) is 4.39 Å². The van der Waals surface area contributed by atoms with Crippen LogP contribution in [0.2, 0.25) is 0 Å². The number of hydrogen-bond acceptors (Lipinski definition) is 2. The lowest BCUT2D eigenvalue weighted by Crippen LogP contribution is -2.23. The van der Waals surface area contributed by atoms with E-state index in [1.54, 1.807) is 13.0 Å². The minimum absolute atomic E-state index is 0.0514. The first kappa shape index (κ1) is 8.51. The summed E-state index contributed by atoms with van der Waals surface area (Å²) in [6.07, 6.45) is 0.915. The highest BCUT2D eigenvalue weighted by atomic mass is 19.1. The molecular formula is C10H13FN2. The normalized spacial score (nSPS) is 20.7. The quantitative estimate of drug-likeness (QED) is 0.640. The Balaban J connectivity index is 2.56. The fourth-order valence-electron chi connectivity index (χ4n) is 1.76. The molecule has 3 heteroatoms. The molecule has 0 aromatic heterocycles. The van der Waals surface area contributed by atoms with Gasteiger partial charge < -0.3 is 11.1 Å². The van der Waals surface area contributed by atoms with Crippen molar-refractivity contribution in [2.75, 3.05) is 11.9 Å². The number of fused-ring (bicyclic) bond motifs is 1. The van der Waals surface area contributed by atoms with Crippen LogP contribution in [0.4, 0.5) is 10.1 Å². The molecule has 2 rings (SSSR count). The van der Waals surface area contributed by atoms with Gasteiger partial charge in [0, 0.05) is 23.8 Å². The van der Waals surface area contributed by atoms with Gasteiger partial charge in [0.05, 0.1) is 0 Å². The molecule has 0 aliphatic carbocycles. The van der Waals surface area contributed by atoms with Crippen LogP contribution in [0, 0.1) is 12.7 Å². The summed E-state index contributed by atoms with van der Waals surface area (Å²) in [6, 6.07) is 3.31. The Bertz CT molecular complexity index is 336. The summed E-state index contributed by atoms with van der Waals surface area (Å²) in [4.78, 5) is 0. The second-order valence-corrected chi connectivity index (χ2v) is 3.46. The van der Waals surface area contributed by atoms with Crippen molar-refractivity contribution >= 4 is 5.69 Å². The molecule has 0 saturated carbocycles. The Kier molecular flexibility index (Phi) is 1.96. The van der Waals surface area contributed by atoms with Crippen molar-refractivity contribution in [2.45, 2.75) is 19.4 Å². The Morgan fingerprint density at radius 3 is 3.08 bits per heavy atom. The Morgan fingerprint density at radius 1 is 1.54 bits per heavy atom. The van der Waals surface area contributed by atoms with Gasteiger partial charge in [-0.1, -0.05) is 6.07 Å². The van der Waals surface area contributed by atoms with Crippen LogP contribution in [0.1, 0.15) is 23.6 Å². The van der Waals surface area contributed by atoms with Gasteiger partial charge in [-0.25, -0.2) is 4.39 Å². The predicted octanol–water partition coefficient (Wildman–Crippen LogP) is 1.95. The fourth-order valence-corrected chi connectivity index (χ4v) is 1.76. The molecule has 3 N–H and O–H groups in total. The maximum atomic E-state index is 13.2. The first-order chi connectivity index (χ1) is 6.20. The van der Waals surface area contributed by atoms with Gasteiger partial charge in [0.2, 0.25) is 0 Å². The summed E-state index contributed by atoms with van der Waals surface area (Å²) in [7, 11) is 0. The van der Waals surface area contributed by atoms with E-state index in [0.717, 1.165) is 24.2 Å². The summed E-state index contributed by atoms with van der Waals surface area (Å²) in [5, 5.41) is 3.18. The highest BCUT2D eigenvalue weighted by molar-refractivity contribution is 5.60. The van der Waals surface area contributed by atoms with E-state index in [1.807, 2.05) is 0 Å². The highest BCUT2D eigenvalue weighted by Crippen LogP contribution is 2.31. The third-order valence-electron chi connectivity index (χ3n) is 2.59. The maximum Gasteiger partial charge on any atom is 0.128 e. The van der Waals surface area contributed by atoms with Crippen LogP contribution in [0.5, 0.6) is 0 Å². The van der Waals surface area contributed by atoms with Crippen LogP contribution in [0.15, 0.2) is 12.1 Å². The van der Waals surface area contributed by atoms with Crippen LogP contribution < -0.4 is 11.1 Å². The zero-order chi connectivity index (χ0) is 9.42. The second-order valence-electron chi connectivity index (χ2n) is 3.46.